The Morgan fingerprint density at radius 2 is 1.81 bits per heavy atom. The highest BCUT2D eigenvalue weighted by Gasteiger charge is 2.19. The van der Waals surface area contributed by atoms with Crippen LogP contribution in [0.25, 0.3) is 28.2 Å². The van der Waals surface area contributed by atoms with Crippen molar-refractivity contribution < 1.29 is 8.78 Å². The van der Waals surface area contributed by atoms with Gasteiger partial charge in [-0.15, -0.1) is 5.10 Å². The first-order valence-electron chi connectivity index (χ1n) is 7.54. The first kappa shape index (κ1) is 15.8. The molecule has 0 spiro atoms. The zero-order valence-electron chi connectivity index (χ0n) is 13.2. The summed E-state index contributed by atoms with van der Waals surface area (Å²) in [5, 5.41) is 11.2. The molecule has 9 heteroatoms. The maximum atomic E-state index is 14.2. The van der Waals surface area contributed by atoms with Gasteiger partial charge in [0.05, 0.1) is 5.56 Å². The van der Waals surface area contributed by atoms with E-state index in [1.165, 1.54) is 12.1 Å². The molecule has 0 aliphatic heterocycles. The van der Waals surface area contributed by atoms with Crippen molar-refractivity contribution in [3.05, 3.63) is 66.6 Å². The normalized spacial score (nSPS) is 10.8. The van der Waals surface area contributed by atoms with Crippen LogP contribution in [0.15, 0.2) is 55.0 Å². The molecule has 4 aromatic rings. The predicted molar refractivity (Wildman–Crippen MR) is 89.9 cm³/mol. The van der Waals surface area contributed by atoms with Gasteiger partial charge >= 0.3 is 0 Å². The van der Waals surface area contributed by atoms with Crippen molar-refractivity contribution in [2.75, 3.05) is 5.73 Å². The Morgan fingerprint density at radius 3 is 2.62 bits per heavy atom. The summed E-state index contributed by atoms with van der Waals surface area (Å²) in [6, 6.07) is 9.11. The standard InChI is InChI=1S/C17H11F2N7/c18-13-2-1-3-14(15(13)19)26-17(23-24-25-26)12-8-11(9-22-16(12)20)10-4-6-21-7-5-10/h1-9H,(H2,20,22). The molecule has 128 valence electrons. The van der Waals surface area contributed by atoms with Crippen molar-refractivity contribution in [3.63, 3.8) is 0 Å². The highest BCUT2D eigenvalue weighted by molar-refractivity contribution is 5.76. The van der Waals surface area contributed by atoms with Gasteiger partial charge in [0.25, 0.3) is 0 Å². The van der Waals surface area contributed by atoms with E-state index in [0.29, 0.717) is 5.56 Å². The highest BCUT2D eigenvalue weighted by Crippen LogP contribution is 2.29. The summed E-state index contributed by atoms with van der Waals surface area (Å²) in [6.45, 7) is 0. The fraction of sp³-hybridized carbons (Fsp3) is 0. The van der Waals surface area contributed by atoms with Crippen LogP contribution in [0.1, 0.15) is 0 Å². The van der Waals surface area contributed by atoms with Gasteiger partial charge in [0.2, 0.25) is 0 Å². The van der Waals surface area contributed by atoms with Gasteiger partial charge in [0.1, 0.15) is 11.5 Å². The number of aromatic nitrogens is 6. The van der Waals surface area contributed by atoms with Crippen LogP contribution in [0.5, 0.6) is 0 Å². The van der Waals surface area contributed by atoms with E-state index in [2.05, 4.69) is 25.5 Å². The molecule has 7 nitrogen and oxygen atoms in total. The molecule has 2 N–H and O–H groups in total. The maximum absolute atomic E-state index is 14.2. The van der Waals surface area contributed by atoms with E-state index in [4.69, 9.17) is 5.73 Å². The lowest BCUT2D eigenvalue weighted by Gasteiger charge is -2.09. The van der Waals surface area contributed by atoms with E-state index in [9.17, 15) is 8.78 Å². The minimum atomic E-state index is -1.06. The van der Waals surface area contributed by atoms with Crippen molar-refractivity contribution in [2.45, 2.75) is 0 Å². The molecule has 0 atom stereocenters. The summed E-state index contributed by atoms with van der Waals surface area (Å²) >= 11 is 0. The van der Waals surface area contributed by atoms with Gasteiger partial charge < -0.3 is 5.73 Å². The van der Waals surface area contributed by atoms with Crippen LogP contribution < -0.4 is 5.73 Å². The lowest BCUT2D eigenvalue weighted by atomic mass is 10.1. The quantitative estimate of drug-likeness (QED) is 0.610. The lowest BCUT2D eigenvalue weighted by molar-refractivity contribution is 0.501. The van der Waals surface area contributed by atoms with Crippen molar-refractivity contribution in [1.82, 2.24) is 30.2 Å². The summed E-state index contributed by atoms with van der Waals surface area (Å²) < 4.78 is 28.8. The maximum Gasteiger partial charge on any atom is 0.190 e. The van der Waals surface area contributed by atoms with E-state index in [0.717, 1.165) is 21.9 Å². The molecule has 0 saturated heterocycles. The summed E-state index contributed by atoms with van der Waals surface area (Å²) in [5.74, 6) is -1.75. The predicted octanol–water partition coefficient (Wildman–Crippen LogP) is 2.65. The Kier molecular flexibility index (Phi) is 3.81. The number of nitrogens with zero attached hydrogens (tertiary/aromatic N) is 6. The van der Waals surface area contributed by atoms with E-state index in [1.54, 1.807) is 24.7 Å². The van der Waals surface area contributed by atoms with Crippen LogP contribution in [0.2, 0.25) is 0 Å². The first-order valence-corrected chi connectivity index (χ1v) is 7.54. The molecular formula is C17H11F2N7. The molecule has 0 saturated carbocycles. The van der Waals surface area contributed by atoms with Crippen LogP contribution in [0.4, 0.5) is 14.6 Å². The SMILES string of the molecule is Nc1ncc(-c2ccncc2)cc1-c1nnnn1-c1cccc(F)c1F. The molecule has 1 aromatic carbocycles. The van der Waals surface area contributed by atoms with Gasteiger partial charge in [0.15, 0.2) is 17.5 Å². The Bertz CT molecular complexity index is 1080. The second-order valence-electron chi connectivity index (χ2n) is 5.38. The number of hydrogen-bond donors (Lipinski definition) is 1. The van der Waals surface area contributed by atoms with E-state index < -0.39 is 11.6 Å². The Hall–Kier alpha value is -3.75. The van der Waals surface area contributed by atoms with Crippen LogP contribution in [0.3, 0.4) is 0 Å². The third-order valence-electron chi connectivity index (χ3n) is 3.80. The van der Waals surface area contributed by atoms with Gasteiger partial charge in [-0.3, -0.25) is 4.98 Å². The van der Waals surface area contributed by atoms with E-state index in [1.807, 2.05) is 12.1 Å². The molecule has 0 unspecified atom stereocenters. The van der Waals surface area contributed by atoms with Gasteiger partial charge in [-0.05, 0) is 46.3 Å². The molecular weight excluding hydrogens is 340 g/mol. The van der Waals surface area contributed by atoms with Crippen LogP contribution in [0, 0.1) is 11.6 Å². The molecule has 0 fully saturated rings. The molecule has 0 amide bonds. The third kappa shape index (κ3) is 2.65. The summed E-state index contributed by atoms with van der Waals surface area (Å²) in [4.78, 5) is 8.14. The van der Waals surface area contributed by atoms with Gasteiger partial charge in [-0.2, -0.15) is 4.68 Å². The summed E-state index contributed by atoms with van der Waals surface area (Å²) in [5.41, 5.74) is 7.86. The molecule has 26 heavy (non-hydrogen) atoms. The Labute approximate surface area is 146 Å². The number of rotatable bonds is 3. The van der Waals surface area contributed by atoms with Gasteiger partial charge in [0, 0.05) is 24.2 Å². The van der Waals surface area contributed by atoms with Gasteiger partial charge in [-0.1, -0.05) is 6.07 Å². The number of anilines is 1. The van der Waals surface area contributed by atoms with Crippen LogP contribution >= 0.6 is 0 Å². The second-order valence-corrected chi connectivity index (χ2v) is 5.38. The van der Waals surface area contributed by atoms with Crippen molar-refractivity contribution in [3.8, 4) is 28.2 Å². The van der Waals surface area contributed by atoms with Crippen LogP contribution in [-0.2, 0) is 0 Å². The minimum absolute atomic E-state index is 0.126. The number of nitrogen functional groups attached to an aromatic ring is 1. The lowest BCUT2D eigenvalue weighted by Crippen LogP contribution is -2.06. The first-order chi connectivity index (χ1) is 12.6. The van der Waals surface area contributed by atoms with Crippen molar-refractivity contribution in [1.29, 1.82) is 0 Å². The fourth-order valence-electron chi connectivity index (χ4n) is 2.53. The zero-order chi connectivity index (χ0) is 18.1. The Balaban J connectivity index is 1.88. The van der Waals surface area contributed by atoms with E-state index in [-0.39, 0.29) is 17.3 Å². The number of nitrogens with two attached hydrogens (primary N) is 1. The monoisotopic (exact) mass is 351 g/mol. The highest BCUT2D eigenvalue weighted by atomic mass is 19.2. The second kappa shape index (κ2) is 6.28. The van der Waals surface area contributed by atoms with Crippen molar-refractivity contribution >= 4 is 5.82 Å². The summed E-state index contributed by atoms with van der Waals surface area (Å²) in [7, 11) is 0. The number of halogens is 2. The number of benzene rings is 1. The average Bonchev–Trinajstić information content (AvgIpc) is 3.14. The summed E-state index contributed by atoms with van der Waals surface area (Å²) in [6.07, 6.45) is 4.90. The smallest absolute Gasteiger partial charge is 0.190 e. The van der Waals surface area contributed by atoms with Gasteiger partial charge in [-0.25, -0.2) is 13.8 Å². The van der Waals surface area contributed by atoms with Crippen LogP contribution in [-0.4, -0.2) is 30.2 Å². The molecule has 3 heterocycles. The fourth-order valence-corrected chi connectivity index (χ4v) is 2.53. The number of hydrogen-bond acceptors (Lipinski definition) is 6. The average molecular weight is 351 g/mol. The molecule has 4 rings (SSSR count). The molecule has 3 aromatic heterocycles. The third-order valence-corrected chi connectivity index (χ3v) is 3.80. The number of pyridine rings is 2. The molecule has 0 bridgehead atoms. The molecule has 0 aliphatic carbocycles. The zero-order valence-corrected chi connectivity index (χ0v) is 13.2. The molecule has 0 aliphatic rings. The van der Waals surface area contributed by atoms with Crippen molar-refractivity contribution in [2.24, 2.45) is 0 Å². The largest absolute Gasteiger partial charge is 0.383 e. The Morgan fingerprint density at radius 1 is 1.00 bits per heavy atom. The topological polar surface area (TPSA) is 95.4 Å². The number of tetrazole rings is 1. The minimum Gasteiger partial charge on any atom is -0.383 e. The van der Waals surface area contributed by atoms with E-state index >= 15 is 0 Å². The molecule has 0 radical (unpaired) electrons.